The Bertz CT molecular complexity index is 496. The number of hydrogen-bond acceptors (Lipinski definition) is 4. The molecule has 0 fully saturated rings. The highest BCUT2D eigenvalue weighted by atomic mass is 35.5. The lowest BCUT2D eigenvalue weighted by atomic mass is 10.2. The third kappa shape index (κ3) is 4.33. The van der Waals surface area contributed by atoms with Crippen molar-refractivity contribution in [1.29, 1.82) is 0 Å². The molecule has 5 heteroatoms. The highest BCUT2D eigenvalue weighted by molar-refractivity contribution is 6.30. The van der Waals surface area contributed by atoms with Crippen LogP contribution in [-0.2, 0) is 6.42 Å². The lowest BCUT2D eigenvalue weighted by molar-refractivity contribution is 0.491. The number of nitrogens with one attached hydrogen (secondary N) is 1. The number of hydrogen-bond donors (Lipinski definition) is 1. The van der Waals surface area contributed by atoms with Gasteiger partial charge < -0.3 is 9.73 Å². The molecule has 0 radical (unpaired) electrons. The second-order valence-corrected chi connectivity index (χ2v) is 4.80. The molecule has 2 aromatic rings. The molecule has 1 aromatic heterocycles. The molecule has 0 unspecified atom stereocenters. The zero-order valence-corrected chi connectivity index (χ0v) is 11.8. The third-order valence-electron chi connectivity index (χ3n) is 2.73. The predicted octanol–water partition coefficient (Wildman–Crippen LogP) is 3.32. The van der Waals surface area contributed by atoms with E-state index in [4.69, 9.17) is 16.0 Å². The SMILES string of the molecule is CCCNCCCc1nnc(-c2ccc(Cl)cc2)o1. The van der Waals surface area contributed by atoms with Gasteiger partial charge in [-0.05, 0) is 50.2 Å². The summed E-state index contributed by atoms with van der Waals surface area (Å²) in [7, 11) is 0. The molecule has 0 saturated carbocycles. The van der Waals surface area contributed by atoms with Gasteiger partial charge in [-0.25, -0.2) is 0 Å². The summed E-state index contributed by atoms with van der Waals surface area (Å²) in [5, 5.41) is 12.2. The quantitative estimate of drug-likeness (QED) is 0.790. The van der Waals surface area contributed by atoms with Crippen molar-refractivity contribution in [2.24, 2.45) is 0 Å². The van der Waals surface area contributed by atoms with Gasteiger partial charge in [-0.3, -0.25) is 0 Å². The zero-order valence-electron chi connectivity index (χ0n) is 11.0. The first-order valence-electron chi connectivity index (χ1n) is 6.58. The molecular weight excluding hydrogens is 262 g/mol. The van der Waals surface area contributed by atoms with Crippen LogP contribution in [0, 0.1) is 0 Å². The summed E-state index contributed by atoms with van der Waals surface area (Å²) < 4.78 is 5.62. The van der Waals surface area contributed by atoms with Crippen molar-refractivity contribution in [3.63, 3.8) is 0 Å². The van der Waals surface area contributed by atoms with Crippen LogP contribution in [0.5, 0.6) is 0 Å². The van der Waals surface area contributed by atoms with E-state index in [-0.39, 0.29) is 0 Å². The van der Waals surface area contributed by atoms with Gasteiger partial charge >= 0.3 is 0 Å². The molecule has 0 aliphatic heterocycles. The Morgan fingerprint density at radius 2 is 1.95 bits per heavy atom. The van der Waals surface area contributed by atoms with Crippen LogP contribution in [0.25, 0.3) is 11.5 Å². The normalized spacial score (nSPS) is 10.8. The number of halogens is 1. The third-order valence-corrected chi connectivity index (χ3v) is 2.98. The number of aryl methyl sites for hydroxylation is 1. The average Bonchev–Trinajstić information content (AvgIpc) is 2.88. The second-order valence-electron chi connectivity index (χ2n) is 4.36. The maximum absolute atomic E-state index is 5.84. The van der Waals surface area contributed by atoms with Crippen molar-refractivity contribution in [1.82, 2.24) is 15.5 Å². The summed E-state index contributed by atoms with van der Waals surface area (Å²) in [6.07, 6.45) is 2.96. The van der Waals surface area contributed by atoms with E-state index in [1.807, 2.05) is 24.3 Å². The highest BCUT2D eigenvalue weighted by Gasteiger charge is 2.07. The van der Waals surface area contributed by atoms with E-state index in [0.717, 1.165) is 37.9 Å². The monoisotopic (exact) mass is 279 g/mol. The van der Waals surface area contributed by atoms with Crippen molar-refractivity contribution in [3.8, 4) is 11.5 Å². The summed E-state index contributed by atoms with van der Waals surface area (Å²) in [6, 6.07) is 7.38. The first-order valence-corrected chi connectivity index (χ1v) is 6.96. The molecule has 0 atom stereocenters. The maximum atomic E-state index is 5.84. The summed E-state index contributed by atoms with van der Waals surface area (Å²) in [6.45, 7) is 4.19. The Hall–Kier alpha value is -1.39. The Balaban J connectivity index is 1.86. The summed E-state index contributed by atoms with van der Waals surface area (Å²) in [5.41, 5.74) is 0.896. The average molecular weight is 280 g/mol. The summed E-state index contributed by atoms with van der Waals surface area (Å²) >= 11 is 5.84. The van der Waals surface area contributed by atoms with E-state index in [0.29, 0.717) is 16.8 Å². The molecule has 102 valence electrons. The van der Waals surface area contributed by atoms with Crippen LogP contribution < -0.4 is 5.32 Å². The van der Waals surface area contributed by atoms with E-state index in [1.165, 1.54) is 0 Å². The fourth-order valence-electron chi connectivity index (χ4n) is 1.73. The van der Waals surface area contributed by atoms with Crippen molar-refractivity contribution in [3.05, 3.63) is 35.2 Å². The van der Waals surface area contributed by atoms with Crippen molar-refractivity contribution >= 4 is 11.6 Å². The molecule has 1 aromatic carbocycles. The molecule has 4 nitrogen and oxygen atoms in total. The minimum Gasteiger partial charge on any atom is -0.421 e. The molecule has 0 aliphatic rings. The standard InChI is InChI=1S/C14H18ClN3O/c1-2-9-16-10-3-4-13-17-18-14(19-13)11-5-7-12(15)8-6-11/h5-8,16H,2-4,9-10H2,1H3. The summed E-state index contributed by atoms with van der Waals surface area (Å²) in [4.78, 5) is 0. The lowest BCUT2D eigenvalue weighted by Crippen LogP contribution is -2.16. The van der Waals surface area contributed by atoms with E-state index >= 15 is 0 Å². The zero-order chi connectivity index (χ0) is 13.5. The predicted molar refractivity (Wildman–Crippen MR) is 76.2 cm³/mol. The van der Waals surface area contributed by atoms with Gasteiger partial charge in [0.2, 0.25) is 11.8 Å². The molecule has 19 heavy (non-hydrogen) atoms. The second kappa shape index (κ2) is 7.26. The fourth-order valence-corrected chi connectivity index (χ4v) is 1.86. The molecular formula is C14H18ClN3O. The van der Waals surface area contributed by atoms with Gasteiger partial charge in [0.25, 0.3) is 0 Å². The minimum atomic E-state index is 0.549. The molecule has 0 bridgehead atoms. The topological polar surface area (TPSA) is 51.0 Å². The first-order chi connectivity index (χ1) is 9.29. The Morgan fingerprint density at radius 1 is 1.16 bits per heavy atom. The molecule has 2 rings (SSSR count). The smallest absolute Gasteiger partial charge is 0.247 e. The number of benzene rings is 1. The molecule has 0 saturated heterocycles. The lowest BCUT2D eigenvalue weighted by Gasteiger charge is -1.99. The summed E-state index contributed by atoms with van der Waals surface area (Å²) in [5.74, 6) is 1.23. The van der Waals surface area contributed by atoms with Gasteiger partial charge in [0.1, 0.15) is 0 Å². The van der Waals surface area contributed by atoms with Gasteiger partial charge in [0.05, 0.1) is 0 Å². The van der Waals surface area contributed by atoms with Crippen LogP contribution in [0.1, 0.15) is 25.7 Å². The van der Waals surface area contributed by atoms with Gasteiger partial charge in [0, 0.05) is 17.0 Å². The molecule has 0 spiro atoms. The van der Waals surface area contributed by atoms with Crippen LogP contribution in [0.4, 0.5) is 0 Å². The van der Waals surface area contributed by atoms with Crippen molar-refractivity contribution in [2.75, 3.05) is 13.1 Å². The molecule has 0 amide bonds. The largest absolute Gasteiger partial charge is 0.421 e. The first kappa shape index (κ1) is 14.0. The van der Waals surface area contributed by atoms with E-state index in [1.54, 1.807) is 0 Å². The van der Waals surface area contributed by atoms with E-state index in [2.05, 4.69) is 22.4 Å². The van der Waals surface area contributed by atoms with Crippen LogP contribution in [-0.4, -0.2) is 23.3 Å². The molecule has 1 heterocycles. The van der Waals surface area contributed by atoms with Crippen molar-refractivity contribution in [2.45, 2.75) is 26.2 Å². The minimum absolute atomic E-state index is 0.549. The van der Waals surface area contributed by atoms with Gasteiger partial charge in [-0.15, -0.1) is 10.2 Å². The van der Waals surface area contributed by atoms with E-state index < -0.39 is 0 Å². The Labute approximate surface area is 118 Å². The van der Waals surface area contributed by atoms with Crippen LogP contribution in [0.3, 0.4) is 0 Å². The maximum Gasteiger partial charge on any atom is 0.247 e. The van der Waals surface area contributed by atoms with E-state index in [9.17, 15) is 0 Å². The molecule has 1 N–H and O–H groups in total. The van der Waals surface area contributed by atoms with Crippen LogP contribution >= 0.6 is 11.6 Å². The Kier molecular flexibility index (Phi) is 5.36. The number of nitrogens with zero attached hydrogens (tertiary/aromatic N) is 2. The van der Waals surface area contributed by atoms with Gasteiger partial charge in [-0.1, -0.05) is 18.5 Å². The van der Waals surface area contributed by atoms with Crippen molar-refractivity contribution < 1.29 is 4.42 Å². The highest BCUT2D eigenvalue weighted by Crippen LogP contribution is 2.20. The Morgan fingerprint density at radius 3 is 2.68 bits per heavy atom. The van der Waals surface area contributed by atoms with Crippen LogP contribution in [0.2, 0.25) is 5.02 Å². The molecule has 0 aliphatic carbocycles. The van der Waals surface area contributed by atoms with Gasteiger partial charge in [-0.2, -0.15) is 0 Å². The number of aromatic nitrogens is 2. The van der Waals surface area contributed by atoms with Gasteiger partial charge in [0.15, 0.2) is 0 Å². The van der Waals surface area contributed by atoms with Crippen LogP contribution in [0.15, 0.2) is 28.7 Å². The fraction of sp³-hybridized carbons (Fsp3) is 0.429. The number of rotatable bonds is 7.